The minimum Gasteiger partial charge on any atom is -0.353 e. The van der Waals surface area contributed by atoms with Crippen LogP contribution in [0.5, 0.6) is 0 Å². The average molecular weight is 396 g/mol. The van der Waals surface area contributed by atoms with Crippen molar-refractivity contribution >= 4 is 34.8 Å². The van der Waals surface area contributed by atoms with Crippen LogP contribution in [0.15, 0.2) is 12.1 Å². The van der Waals surface area contributed by atoms with Crippen molar-refractivity contribution in [1.29, 1.82) is 0 Å². The van der Waals surface area contributed by atoms with Crippen LogP contribution in [0.1, 0.15) is 48.2 Å². The fourth-order valence-corrected chi connectivity index (χ4v) is 5.13. The zero-order chi connectivity index (χ0) is 18.1. The lowest BCUT2D eigenvalue weighted by atomic mass is 9.93. The van der Waals surface area contributed by atoms with Crippen molar-refractivity contribution in [3.8, 4) is 0 Å². The Morgan fingerprint density at radius 1 is 1.08 bits per heavy atom. The Bertz CT molecular complexity index is 667. The highest BCUT2D eigenvalue weighted by molar-refractivity contribution is 7.17. The molecule has 1 saturated carbocycles. The predicted molar refractivity (Wildman–Crippen MR) is 104 cm³/mol. The molecule has 0 bridgehead atoms. The molecule has 1 unspecified atom stereocenters. The first-order valence-corrected chi connectivity index (χ1v) is 10.9. The molecule has 1 aromatic rings. The van der Waals surface area contributed by atoms with E-state index in [0.29, 0.717) is 16.4 Å². The third-order valence-corrected chi connectivity index (χ3v) is 7.02. The van der Waals surface area contributed by atoms with Crippen molar-refractivity contribution in [3.63, 3.8) is 0 Å². The van der Waals surface area contributed by atoms with Gasteiger partial charge in [-0.2, -0.15) is 0 Å². The van der Waals surface area contributed by atoms with Gasteiger partial charge < -0.3 is 10.2 Å². The minimum atomic E-state index is 0.0979. The van der Waals surface area contributed by atoms with Crippen molar-refractivity contribution in [3.05, 3.63) is 21.3 Å². The zero-order valence-corrected chi connectivity index (χ0v) is 16.5. The normalized spacial score (nSPS) is 25.3. The van der Waals surface area contributed by atoms with Crippen LogP contribution in [-0.4, -0.2) is 59.9 Å². The molecule has 26 heavy (non-hydrogen) atoms. The summed E-state index contributed by atoms with van der Waals surface area (Å²) in [7, 11) is 0. The maximum Gasteiger partial charge on any atom is 0.263 e. The van der Waals surface area contributed by atoms with Crippen molar-refractivity contribution in [2.24, 2.45) is 5.92 Å². The highest BCUT2D eigenvalue weighted by Gasteiger charge is 2.34. The van der Waals surface area contributed by atoms with Gasteiger partial charge in [-0.25, -0.2) is 0 Å². The number of piperidine rings is 2. The second-order valence-electron chi connectivity index (χ2n) is 7.74. The minimum absolute atomic E-state index is 0.0979. The van der Waals surface area contributed by atoms with E-state index >= 15 is 0 Å². The van der Waals surface area contributed by atoms with Crippen LogP contribution in [0.4, 0.5) is 0 Å². The zero-order valence-electron chi connectivity index (χ0n) is 15.0. The monoisotopic (exact) mass is 395 g/mol. The van der Waals surface area contributed by atoms with Crippen molar-refractivity contribution in [2.45, 2.75) is 50.6 Å². The first-order chi connectivity index (χ1) is 12.6. The molecule has 1 N–H and O–H groups in total. The van der Waals surface area contributed by atoms with Gasteiger partial charge >= 0.3 is 0 Å². The number of hydrogen-bond donors (Lipinski definition) is 1. The van der Waals surface area contributed by atoms with Crippen LogP contribution in [0.2, 0.25) is 4.34 Å². The molecule has 7 heteroatoms. The molecular weight excluding hydrogens is 370 g/mol. The summed E-state index contributed by atoms with van der Waals surface area (Å²) >= 11 is 7.30. The first-order valence-electron chi connectivity index (χ1n) is 9.69. The number of thiophene rings is 1. The van der Waals surface area contributed by atoms with E-state index in [2.05, 4.69) is 10.2 Å². The van der Waals surface area contributed by atoms with Crippen molar-refractivity contribution in [1.82, 2.24) is 15.1 Å². The highest BCUT2D eigenvalue weighted by Crippen LogP contribution is 2.28. The summed E-state index contributed by atoms with van der Waals surface area (Å²) in [5, 5.41) is 3.16. The lowest BCUT2D eigenvalue weighted by Crippen LogP contribution is -2.51. The molecule has 1 aromatic heterocycles. The summed E-state index contributed by atoms with van der Waals surface area (Å²) in [6, 6.07) is 4.53. The Labute approximate surface area is 163 Å². The van der Waals surface area contributed by atoms with Crippen molar-refractivity contribution < 1.29 is 9.59 Å². The second-order valence-corrected chi connectivity index (χ2v) is 9.46. The number of halogens is 1. The Morgan fingerprint density at radius 2 is 1.85 bits per heavy atom. The van der Waals surface area contributed by atoms with Gasteiger partial charge in [-0.15, -0.1) is 11.3 Å². The molecule has 142 valence electrons. The standard InChI is InChI=1S/C19H26ClN3O2S/c20-17-6-5-16(26-17)19(25)22-10-7-15(8-11-22)23-9-1-2-13(12-23)18(24)21-14-3-4-14/h5-6,13-15H,1-4,7-12H2,(H,21,24). The number of nitrogens with one attached hydrogen (secondary N) is 1. The number of carbonyl (C=O) groups excluding carboxylic acids is 2. The molecule has 1 atom stereocenters. The summed E-state index contributed by atoms with van der Waals surface area (Å²) in [5.74, 6) is 0.484. The molecule has 2 saturated heterocycles. The molecule has 2 amide bonds. The van der Waals surface area contributed by atoms with E-state index in [0.717, 1.165) is 69.6 Å². The van der Waals surface area contributed by atoms with Gasteiger partial charge in [0.25, 0.3) is 5.91 Å². The number of carbonyl (C=O) groups is 2. The molecule has 0 radical (unpaired) electrons. The molecule has 1 aliphatic carbocycles. The molecule has 0 aromatic carbocycles. The third-order valence-electron chi connectivity index (χ3n) is 5.80. The van der Waals surface area contributed by atoms with Gasteiger partial charge in [0.1, 0.15) is 0 Å². The Hall–Kier alpha value is -1.11. The summed E-state index contributed by atoms with van der Waals surface area (Å²) < 4.78 is 0.659. The number of rotatable bonds is 4. The van der Waals surface area contributed by atoms with Gasteiger partial charge in [-0.1, -0.05) is 11.6 Å². The number of nitrogens with zero attached hydrogens (tertiary/aromatic N) is 2. The Morgan fingerprint density at radius 3 is 2.50 bits per heavy atom. The lowest BCUT2D eigenvalue weighted by molar-refractivity contribution is -0.127. The molecule has 4 rings (SSSR count). The largest absolute Gasteiger partial charge is 0.353 e. The third kappa shape index (κ3) is 4.24. The summed E-state index contributed by atoms with van der Waals surface area (Å²) in [5.41, 5.74) is 0. The van der Waals surface area contributed by atoms with E-state index < -0.39 is 0 Å². The van der Waals surface area contributed by atoms with Crippen LogP contribution in [0.3, 0.4) is 0 Å². The van der Waals surface area contributed by atoms with Crippen LogP contribution < -0.4 is 5.32 Å². The fourth-order valence-electron chi connectivity index (χ4n) is 4.12. The first kappa shape index (κ1) is 18.3. The quantitative estimate of drug-likeness (QED) is 0.852. The van der Waals surface area contributed by atoms with Gasteiger partial charge in [0.2, 0.25) is 5.91 Å². The maximum atomic E-state index is 12.6. The molecule has 3 fully saturated rings. The van der Waals surface area contributed by atoms with Gasteiger partial charge in [-0.05, 0) is 57.2 Å². The Balaban J connectivity index is 1.28. The van der Waals surface area contributed by atoms with Gasteiger partial charge in [0.15, 0.2) is 0 Å². The molecule has 2 aliphatic heterocycles. The number of amides is 2. The van der Waals surface area contributed by atoms with Crippen molar-refractivity contribution in [2.75, 3.05) is 26.2 Å². The van der Waals surface area contributed by atoms with Gasteiger partial charge in [-0.3, -0.25) is 14.5 Å². The van der Waals surface area contributed by atoms with E-state index in [1.807, 2.05) is 11.0 Å². The maximum absolute atomic E-state index is 12.6. The Kier molecular flexibility index (Phi) is 5.53. The second kappa shape index (κ2) is 7.87. The molecule has 5 nitrogen and oxygen atoms in total. The van der Waals surface area contributed by atoms with Crippen LogP contribution in [-0.2, 0) is 4.79 Å². The molecule has 3 aliphatic rings. The summed E-state index contributed by atoms with van der Waals surface area (Å²) in [6.07, 6.45) is 6.36. The van der Waals surface area contributed by atoms with E-state index in [-0.39, 0.29) is 17.7 Å². The van der Waals surface area contributed by atoms with Crippen LogP contribution in [0, 0.1) is 5.92 Å². The number of likely N-dealkylation sites (tertiary alicyclic amines) is 2. The van der Waals surface area contributed by atoms with E-state index in [4.69, 9.17) is 11.6 Å². The van der Waals surface area contributed by atoms with Gasteiger partial charge in [0.05, 0.1) is 15.1 Å². The SMILES string of the molecule is O=C(NC1CC1)C1CCCN(C2CCN(C(=O)c3ccc(Cl)s3)CC2)C1. The highest BCUT2D eigenvalue weighted by atomic mass is 35.5. The van der Waals surface area contributed by atoms with Gasteiger partial charge in [0, 0.05) is 31.7 Å². The van der Waals surface area contributed by atoms with E-state index in [1.54, 1.807) is 6.07 Å². The van der Waals surface area contributed by atoms with Crippen LogP contribution in [0.25, 0.3) is 0 Å². The topological polar surface area (TPSA) is 52.7 Å². The van der Waals surface area contributed by atoms with Crippen LogP contribution >= 0.6 is 22.9 Å². The summed E-state index contributed by atoms with van der Waals surface area (Å²) in [6.45, 7) is 3.52. The molecular formula is C19H26ClN3O2S. The average Bonchev–Trinajstić information content (AvgIpc) is 3.38. The lowest BCUT2D eigenvalue weighted by Gasteiger charge is -2.42. The summed E-state index contributed by atoms with van der Waals surface area (Å²) in [4.78, 5) is 30.1. The fraction of sp³-hybridized carbons (Fsp3) is 0.684. The molecule has 0 spiro atoms. The van der Waals surface area contributed by atoms with E-state index in [1.165, 1.54) is 11.3 Å². The smallest absolute Gasteiger partial charge is 0.263 e. The molecule has 3 heterocycles. The number of hydrogen-bond acceptors (Lipinski definition) is 4. The van der Waals surface area contributed by atoms with E-state index in [9.17, 15) is 9.59 Å². The predicted octanol–water partition coefficient (Wildman–Crippen LogP) is 3.00.